The number of aryl methyl sites for hydroxylation is 2. The molecule has 2 N–H and O–H groups in total. The van der Waals surface area contributed by atoms with Crippen molar-refractivity contribution in [2.75, 3.05) is 20.1 Å². The molecule has 0 spiro atoms. The number of aromatic nitrogens is 2. The fraction of sp³-hybridized carbons (Fsp3) is 0.786. The Labute approximate surface area is 127 Å². The number of nitrogens with zero attached hydrogens (tertiary/aromatic N) is 3. The van der Waals surface area contributed by atoms with E-state index in [1.54, 1.807) is 18.7 Å². The SMILES string of the molecule is Cc1nn(CCCN)c(C)c1S(=O)(=O)N(C)CC1CC1C. The van der Waals surface area contributed by atoms with Gasteiger partial charge in [0.25, 0.3) is 0 Å². The summed E-state index contributed by atoms with van der Waals surface area (Å²) in [6.07, 6.45) is 1.91. The van der Waals surface area contributed by atoms with Crippen molar-refractivity contribution in [3.8, 4) is 0 Å². The molecule has 2 rings (SSSR count). The predicted molar refractivity (Wildman–Crippen MR) is 82.5 cm³/mol. The average Bonchev–Trinajstić information content (AvgIpc) is 3.00. The number of hydrogen-bond acceptors (Lipinski definition) is 4. The van der Waals surface area contributed by atoms with Gasteiger partial charge in [-0.25, -0.2) is 12.7 Å². The van der Waals surface area contributed by atoms with Gasteiger partial charge < -0.3 is 5.73 Å². The molecule has 2 unspecified atom stereocenters. The van der Waals surface area contributed by atoms with Crippen molar-refractivity contribution in [1.82, 2.24) is 14.1 Å². The minimum absolute atomic E-state index is 0.357. The topological polar surface area (TPSA) is 81.2 Å². The second-order valence-corrected chi connectivity index (χ2v) is 8.11. The molecule has 1 saturated carbocycles. The predicted octanol–water partition coefficient (Wildman–Crippen LogP) is 1.13. The molecule has 0 radical (unpaired) electrons. The summed E-state index contributed by atoms with van der Waals surface area (Å²) in [5, 5.41) is 4.36. The van der Waals surface area contributed by atoms with Crippen LogP contribution in [-0.2, 0) is 16.6 Å². The summed E-state index contributed by atoms with van der Waals surface area (Å²) in [5.74, 6) is 1.13. The molecule has 1 heterocycles. The van der Waals surface area contributed by atoms with Gasteiger partial charge in [-0.05, 0) is 45.1 Å². The first-order valence-corrected chi connectivity index (χ1v) is 8.93. The van der Waals surface area contributed by atoms with Crippen molar-refractivity contribution in [2.24, 2.45) is 17.6 Å². The number of rotatable bonds is 7. The lowest BCUT2D eigenvalue weighted by Crippen LogP contribution is -2.30. The van der Waals surface area contributed by atoms with Crippen molar-refractivity contribution in [3.63, 3.8) is 0 Å². The highest BCUT2D eigenvalue weighted by Gasteiger charge is 2.37. The Morgan fingerprint density at radius 3 is 2.57 bits per heavy atom. The molecule has 1 aromatic heterocycles. The third-order valence-electron chi connectivity index (χ3n) is 4.33. The van der Waals surface area contributed by atoms with E-state index in [9.17, 15) is 8.42 Å². The Bertz CT molecular complexity index is 609. The Hall–Kier alpha value is -0.920. The summed E-state index contributed by atoms with van der Waals surface area (Å²) in [6.45, 7) is 7.55. The Kier molecular flexibility index (Phi) is 4.75. The second-order valence-electron chi connectivity index (χ2n) is 6.12. The number of nitrogens with two attached hydrogens (primary N) is 1. The molecule has 6 nitrogen and oxygen atoms in total. The van der Waals surface area contributed by atoms with Crippen LogP contribution in [0.2, 0.25) is 0 Å². The third-order valence-corrected chi connectivity index (χ3v) is 6.40. The van der Waals surface area contributed by atoms with E-state index in [2.05, 4.69) is 12.0 Å². The zero-order valence-corrected chi connectivity index (χ0v) is 14.2. The molecule has 7 heteroatoms. The summed E-state index contributed by atoms with van der Waals surface area (Å²) < 4.78 is 28.8. The summed E-state index contributed by atoms with van der Waals surface area (Å²) in [4.78, 5) is 0.357. The fourth-order valence-corrected chi connectivity index (χ4v) is 4.34. The van der Waals surface area contributed by atoms with E-state index in [1.165, 1.54) is 4.31 Å². The fourth-order valence-electron chi connectivity index (χ4n) is 2.75. The van der Waals surface area contributed by atoms with Crippen LogP contribution in [0.1, 0.15) is 31.2 Å². The molecule has 0 aromatic carbocycles. The maximum Gasteiger partial charge on any atom is 0.246 e. The van der Waals surface area contributed by atoms with Crippen LogP contribution in [0.4, 0.5) is 0 Å². The van der Waals surface area contributed by atoms with E-state index in [-0.39, 0.29) is 0 Å². The molecule has 1 fully saturated rings. The quantitative estimate of drug-likeness (QED) is 0.818. The lowest BCUT2D eigenvalue weighted by molar-refractivity contribution is 0.443. The lowest BCUT2D eigenvalue weighted by atomic mass is 10.3. The van der Waals surface area contributed by atoms with E-state index in [0.29, 0.717) is 47.8 Å². The first kappa shape index (κ1) is 16.5. The molecule has 1 aliphatic carbocycles. The monoisotopic (exact) mass is 314 g/mol. The van der Waals surface area contributed by atoms with Crippen LogP contribution >= 0.6 is 0 Å². The van der Waals surface area contributed by atoms with Gasteiger partial charge in [-0.3, -0.25) is 4.68 Å². The lowest BCUT2D eigenvalue weighted by Gasteiger charge is -2.17. The molecular formula is C14H26N4O2S. The van der Waals surface area contributed by atoms with E-state index < -0.39 is 10.0 Å². The maximum absolute atomic E-state index is 12.8. The highest BCUT2D eigenvalue weighted by atomic mass is 32.2. The van der Waals surface area contributed by atoms with Gasteiger partial charge >= 0.3 is 0 Å². The van der Waals surface area contributed by atoms with Crippen LogP contribution < -0.4 is 5.73 Å². The Balaban J connectivity index is 2.24. The summed E-state index contributed by atoms with van der Waals surface area (Å²) in [6, 6.07) is 0. The molecule has 0 amide bonds. The van der Waals surface area contributed by atoms with Gasteiger partial charge in [-0.2, -0.15) is 5.10 Å². The summed E-state index contributed by atoms with van der Waals surface area (Å²) in [5.41, 5.74) is 6.79. The standard InChI is InChI=1S/C14H26N4O2S/c1-10-8-13(10)9-17(4)21(19,20)14-11(2)16-18(12(14)3)7-5-6-15/h10,13H,5-9,15H2,1-4H3. The molecule has 0 bridgehead atoms. The van der Waals surface area contributed by atoms with Gasteiger partial charge in [0.1, 0.15) is 4.90 Å². The van der Waals surface area contributed by atoms with Gasteiger partial charge in [0.15, 0.2) is 0 Å². The zero-order chi connectivity index (χ0) is 15.8. The van der Waals surface area contributed by atoms with E-state index in [4.69, 9.17) is 5.73 Å². The van der Waals surface area contributed by atoms with Crippen LogP contribution in [0.15, 0.2) is 4.90 Å². The van der Waals surface area contributed by atoms with E-state index in [0.717, 1.165) is 12.8 Å². The number of sulfonamides is 1. The van der Waals surface area contributed by atoms with Crippen molar-refractivity contribution >= 4 is 10.0 Å². The van der Waals surface area contributed by atoms with Crippen LogP contribution in [-0.4, -0.2) is 42.6 Å². The normalized spacial score (nSPS) is 22.0. The van der Waals surface area contributed by atoms with Crippen LogP contribution in [0.25, 0.3) is 0 Å². The Morgan fingerprint density at radius 2 is 2.05 bits per heavy atom. The first-order valence-electron chi connectivity index (χ1n) is 7.49. The van der Waals surface area contributed by atoms with E-state index >= 15 is 0 Å². The highest BCUT2D eigenvalue weighted by molar-refractivity contribution is 7.89. The van der Waals surface area contributed by atoms with Crippen molar-refractivity contribution in [1.29, 1.82) is 0 Å². The second kappa shape index (κ2) is 6.06. The third kappa shape index (κ3) is 3.30. The minimum Gasteiger partial charge on any atom is -0.330 e. The molecule has 21 heavy (non-hydrogen) atoms. The van der Waals surface area contributed by atoms with Crippen LogP contribution in [0.3, 0.4) is 0 Å². The van der Waals surface area contributed by atoms with Crippen molar-refractivity contribution < 1.29 is 8.42 Å². The first-order chi connectivity index (χ1) is 9.78. The van der Waals surface area contributed by atoms with Crippen LogP contribution in [0.5, 0.6) is 0 Å². The highest BCUT2D eigenvalue weighted by Crippen LogP contribution is 2.39. The van der Waals surface area contributed by atoms with Gasteiger partial charge in [-0.15, -0.1) is 0 Å². The van der Waals surface area contributed by atoms with Crippen molar-refractivity contribution in [3.05, 3.63) is 11.4 Å². The Morgan fingerprint density at radius 1 is 1.43 bits per heavy atom. The molecule has 1 aromatic rings. The smallest absolute Gasteiger partial charge is 0.246 e. The largest absolute Gasteiger partial charge is 0.330 e. The average molecular weight is 314 g/mol. The molecule has 2 atom stereocenters. The van der Waals surface area contributed by atoms with Gasteiger partial charge in [0.2, 0.25) is 10.0 Å². The molecular weight excluding hydrogens is 288 g/mol. The van der Waals surface area contributed by atoms with Gasteiger partial charge in [0.05, 0.1) is 11.4 Å². The number of hydrogen-bond donors (Lipinski definition) is 1. The summed E-state index contributed by atoms with van der Waals surface area (Å²) in [7, 11) is -1.80. The molecule has 120 valence electrons. The van der Waals surface area contributed by atoms with Crippen LogP contribution in [0, 0.1) is 25.7 Å². The molecule has 0 aliphatic heterocycles. The van der Waals surface area contributed by atoms with Gasteiger partial charge in [-0.1, -0.05) is 6.92 Å². The minimum atomic E-state index is -3.46. The van der Waals surface area contributed by atoms with E-state index in [1.807, 2.05) is 6.92 Å². The maximum atomic E-state index is 12.8. The molecule has 0 saturated heterocycles. The summed E-state index contributed by atoms with van der Waals surface area (Å²) >= 11 is 0. The van der Waals surface area contributed by atoms with Gasteiger partial charge in [0, 0.05) is 20.1 Å². The molecule has 1 aliphatic rings. The zero-order valence-electron chi connectivity index (χ0n) is 13.3. The van der Waals surface area contributed by atoms with Crippen molar-refractivity contribution in [2.45, 2.75) is 45.1 Å².